The molecule has 1 unspecified atom stereocenters. The molecule has 0 spiro atoms. The molecule has 1 heterocycles. The third-order valence-corrected chi connectivity index (χ3v) is 4.02. The van der Waals surface area contributed by atoms with Crippen LogP contribution in [0.2, 0.25) is 0 Å². The number of carbonyl (C=O) groups excluding carboxylic acids is 3. The lowest BCUT2D eigenvalue weighted by molar-refractivity contribution is -0.148. The molecule has 1 aliphatic heterocycles. The topological polar surface area (TPSA) is 75.7 Å². The summed E-state index contributed by atoms with van der Waals surface area (Å²) in [5, 5.41) is 2.66. The van der Waals surface area contributed by atoms with Crippen LogP contribution < -0.4 is 5.32 Å². The Morgan fingerprint density at radius 2 is 2.09 bits per heavy atom. The highest BCUT2D eigenvalue weighted by Gasteiger charge is 2.34. The zero-order chi connectivity index (χ0) is 16.8. The number of hydrogen-bond donors (Lipinski definition) is 1. The molecule has 0 radical (unpaired) electrons. The smallest absolute Gasteiger partial charge is 0.308 e. The molecular formula is C16H17BrN2O4. The predicted octanol–water partition coefficient (Wildman–Crippen LogP) is 1.35. The number of esters is 1. The fourth-order valence-corrected chi connectivity index (χ4v) is 2.52. The van der Waals surface area contributed by atoms with Gasteiger partial charge in [-0.15, -0.1) is 0 Å². The largest absolute Gasteiger partial charge is 0.469 e. The van der Waals surface area contributed by atoms with Crippen molar-refractivity contribution in [1.82, 2.24) is 10.2 Å². The van der Waals surface area contributed by atoms with Crippen LogP contribution in [0, 0.1) is 0 Å². The molecule has 6 nitrogen and oxygen atoms in total. The van der Waals surface area contributed by atoms with Gasteiger partial charge in [-0.25, -0.2) is 0 Å². The van der Waals surface area contributed by atoms with E-state index < -0.39 is 12.0 Å². The van der Waals surface area contributed by atoms with E-state index in [0.717, 1.165) is 10.0 Å². The maximum Gasteiger partial charge on any atom is 0.308 e. The van der Waals surface area contributed by atoms with Crippen molar-refractivity contribution in [2.45, 2.75) is 12.5 Å². The van der Waals surface area contributed by atoms with Gasteiger partial charge in [-0.3, -0.25) is 14.4 Å². The summed E-state index contributed by atoms with van der Waals surface area (Å²) >= 11 is 3.34. The van der Waals surface area contributed by atoms with Crippen LogP contribution in [0.15, 0.2) is 34.8 Å². The third-order valence-electron chi connectivity index (χ3n) is 3.49. The first-order valence-corrected chi connectivity index (χ1v) is 7.89. The lowest BCUT2D eigenvalue weighted by Crippen LogP contribution is -2.57. The summed E-state index contributed by atoms with van der Waals surface area (Å²) in [6.07, 6.45) is 2.93. The minimum Gasteiger partial charge on any atom is -0.469 e. The first kappa shape index (κ1) is 17.2. The maximum absolute atomic E-state index is 12.4. The standard InChI is InChI=1S/C16H17BrN2O4/c1-23-15(21)10-13-16(22)18-8-9-19(13)14(20)7-4-11-2-5-12(17)6-3-11/h2-7,13H,8-10H2,1H3,(H,18,22)/b7-4+. The van der Waals surface area contributed by atoms with Gasteiger partial charge >= 0.3 is 5.97 Å². The Balaban J connectivity index is 2.09. The van der Waals surface area contributed by atoms with Gasteiger partial charge in [-0.2, -0.15) is 0 Å². The summed E-state index contributed by atoms with van der Waals surface area (Å²) in [7, 11) is 1.25. The van der Waals surface area contributed by atoms with Gasteiger partial charge in [0.05, 0.1) is 13.5 Å². The zero-order valence-corrected chi connectivity index (χ0v) is 14.2. The normalized spacial score (nSPS) is 17.9. The van der Waals surface area contributed by atoms with Gasteiger partial charge in [0, 0.05) is 23.6 Å². The average Bonchev–Trinajstić information content (AvgIpc) is 2.55. The van der Waals surface area contributed by atoms with E-state index in [9.17, 15) is 14.4 Å². The van der Waals surface area contributed by atoms with Crippen molar-refractivity contribution in [1.29, 1.82) is 0 Å². The molecular weight excluding hydrogens is 364 g/mol. The second-order valence-electron chi connectivity index (χ2n) is 5.00. The number of nitrogens with one attached hydrogen (secondary N) is 1. The van der Waals surface area contributed by atoms with E-state index in [0.29, 0.717) is 13.1 Å². The quantitative estimate of drug-likeness (QED) is 0.631. The number of nitrogens with zero attached hydrogens (tertiary/aromatic N) is 1. The van der Waals surface area contributed by atoms with E-state index >= 15 is 0 Å². The second kappa shape index (κ2) is 7.92. The molecule has 1 atom stereocenters. The highest BCUT2D eigenvalue weighted by atomic mass is 79.9. The summed E-state index contributed by atoms with van der Waals surface area (Å²) in [5.41, 5.74) is 0.868. The van der Waals surface area contributed by atoms with Crippen LogP contribution in [0.1, 0.15) is 12.0 Å². The Morgan fingerprint density at radius 3 is 2.74 bits per heavy atom. The van der Waals surface area contributed by atoms with Crippen molar-refractivity contribution in [2.75, 3.05) is 20.2 Å². The molecule has 1 N–H and O–H groups in total. The van der Waals surface area contributed by atoms with Gasteiger partial charge < -0.3 is 15.0 Å². The van der Waals surface area contributed by atoms with Crippen molar-refractivity contribution in [3.63, 3.8) is 0 Å². The summed E-state index contributed by atoms with van der Waals surface area (Å²) < 4.78 is 5.54. The van der Waals surface area contributed by atoms with E-state index in [-0.39, 0.29) is 18.2 Å². The fourth-order valence-electron chi connectivity index (χ4n) is 2.26. The number of hydrogen-bond acceptors (Lipinski definition) is 4. The number of ether oxygens (including phenoxy) is 1. The number of amides is 2. The van der Waals surface area contributed by atoms with E-state index in [2.05, 4.69) is 26.0 Å². The third kappa shape index (κ3) is 4.66. The van der Waals surface area contributed by atoms with Crippen LogP contribution in [0.25, 0.3) is 6.08 Å². The summed E-state index contributed by atoms with van der Waals surface area (Å²) in [5.74, 6) is -1.18. The maximum atomic E-state index is 12.4. The lowest BCUT2D eigenvalue weighted by Gasteiger charge is -2.33. The number of halogens is 1. The number of piperazine rings is 1. The molecule has 2 amide bonds. The first-order valence-electron chi connectivity index (χ1n) is 7.10. The molecule has 1 aromatic rings. The molecule has 1 saturated heterocycles. The molecule has 7 heteroatoms. The van der Waals surface area contributed by atoms with Crippen molar-refractivity contribution in [2.24, 2.45) is 0 Å². The first-order chi connectivity index (χ1) is 11.0. The Labute approximate surface area is 142 Å². The number of methoxy groups -OCH3 is 1. The number of rotatable bonds is 4. The average molecular weight is 381 g/mol. The second-order valence-corrected chi connectivity index (χ2v) is 5.92. The molecule has 23 heavy (non-hydrogen) atoms. The Bertz CT molecular complexity index is 627. The summed E-state index contributed by atoms with van der Waals surface area (Å²) in [4.78, 5) is 37.1. The monoisotopic (exact) mass is 380 g/mol. The molecule has 122 valence electrons. The Kier molecular flexibility index (Phi) is 5.92. The molecule has 0 saturated carbocycles. The van der Waals surface area contributed by atoms with Crippen LogP contribution in [0.5, 0.6) is 0 Å². The molecule has 0 aliphatic carbocycles. The van der Waals surface area contributed by atoms with E-state index in [1.807, 2.05) is 24.3 Å². The van der Waals surface area contributed by atoms with Crippen molar-refractivity contribution in [3.8, 4) is 0 Å². The van der Waals surface area contributed by atoms with Crippen LogP contribution in [0.3, 0.4) is 0 Å². The molecule has 1 aromatic carbocycles. The minimum absolute atomic E-state index is 0.153. The van der Waals surface area contributed by atoms with Crippen LogP contribution in [-0.2, 0) is 19.1 Å². The molecule has 1 fully saturated rings. The molecule has 2 rings (SSSR count). The molecule has 0 aromatic heterocycles. The van der Waals surface area contributed by atoms with Crippen LogP contribution in [-0.4, -0.2) is 48.9 Å². The van der Waals surface area contributed by atoms with Gasteiger partial charge in [0.25, 0.3) is 0 Å². The molecule has 1 aliphatic rings. The van der Waals surface area contributed by atoms with E-state index in [1.54, 1.807) is 6.08 Å². The Morgan fingerprint density at radius 1 is 1.39 bits per heavy atom. The SMILES string of the molecule is COC(=O)CC1C(=O)NCCN1C(=O)/C=C/c1ccc(Br)cc1. The van der Waals surface area contributed by atoms with Gasteiger partial charge in [0.2, 0.25) is 11.8 Å². The van der Waals surface area contributed by atoms with Gasteiger partial charge in [0.1, 0.15) is 6.04 Å². The summed E-state index contributed by atoms with van der Waals surface area (Å²) in [6.45, 7) is 0.727. The minimum atomic E-state index is -0.835. The Hall–Kier alpha value is -2.15. The van der Waals surface area contributed by atoms with Gasteiger partial charge in [0.15, 0.2) is 0 Å². The van der Waals surface area contributed by atoms with Crippen LogP contribution >= 0.6 is 15.9 Å². The van der Waals surface area contributed by atoms with Crippen molar-refractivity contribution in [3.05, 3.63) is 40.4 Å². The zero-order valence-electron chi connectivity index (χ0n) is 12.6. The van der Waals surface area contributed by atoms with Crippen LogP contribution in [0.4, 0.5) is 0 Å². The highest BCUT2D eigenvalue weighted by Crippen LogP contribution is 2.14. The molecule has 0 bridgehead atoms. The lowest BCUT2D eigenvalue weighted by atomic mass is 10.1. The van der Waals surface area contributed by atoms with Gasteiger partial charge in [-0.05, 0) is 23.8 Å². The summed E-state index contributed by atoms with van der Waals surface area (Å²) in [6, 6.07) is 6.64. The van der Waals surface area contributed by atoms with Gasteiger partial charge in [-0.1, -0.05) is 28.1 Å². The van der Waals surface area contributed by atoms with Crippen molar-refractivity contribution >= 4 is 39.8 Å². The van der Waals surface area contributed by atoms with Crippen molar-refractivity contribution < 1.29 is 19.1 Å². The number of carbonyl (C=O) groups is 3. The number of benzene rings is 1. The fraction of sp³-hybridized carbons (Fsp3) is 0.312. The predicted molar refractivity (Wildman–Crippen MR) is 88.3 cm³/mol. The van der Waals surface area contributed by atoms with E-state index in [1.165, 1.54) is 18.1 Å². The highest BCUT2D eigenvalue weighted by molar-refractivity contribution is 9.10. The van der Waals surface area contributed by atoms with E-state index in [4.69, 9.17) is 0 Å².